The molecule has 17 heavy (non-hydrogen) atoms. The highest BCUT2D eigenvalue weighted by Crippen LogP contribution is 2.16. The molecule has 2 rings (SSSR count). The van der Waals surface area contributed by atoms with Gasteiger partial charge in [0.05, 0.1) is 29.0 Å². The number of aryl methyl sites for hydroxylation is 2. The van der Waals surface area contributed by atoms with Crippen molar-refractivity contribution in [1.82, 2.24) is 15.2 Å². The lowest BCUT2D eigenvalue weighted by Gasteiger charge is -2.04. The predicted molar refractivity (Wildman–Crippen MR) is 64.7 cm³/mol. The number of carbonyl (C=O) groups is 1. The molecule has 0 atom stereocenters. The average molecular weight is 231 g/mol. The van der Waals surface area contributed by atoms with Crippen LogP contribution in [-0.2, 0) is 0 Å². The van der Waals surface area contributed by atoms with E-state index in [4.69, 9.17) is 5.73 Å². The third-order valence-electron chi connectivity index (χ3n) is 2.39. The first-order valence-electron chi connectivity index (χ1n) is 5.12. The summed E-state index contributed by atoms with van der Waals surface area (Å²) in [5.74, 6) is -0.280. The number of nitrogen functional groups attached to an aromatic ring is 1. The van der Waals surface area contributed by atoms with Gasteiger partial charge >= 0.3 is 0 Å². The third kappa shape index (κ3) is 2.25. The molecule has 0 saturated heterocycles. The van der Waals surface area contributed by atoms with E-state index in [1.807, 2.05) is 13.8 Å². The van der Waals surface area contributed by atoms with Crippen LogP contribution in [0.4, 0.5) is 11.4 Å². The van der Waals surface area contributed by atoms with Crippen molar-refractivity contribution < 1.29 is 4.79 Å². The first-order valence-corrected chi connectivity index (χ1v) is 5.12. The molecular formula is C11H13N5O. The second-order valence-electron chi connectivity index (χ2n) is 3.74. The van der Waals surface area contributed by atoms with Crippen LogP contribution in [0.15, 0.2) is 18.3 Å². The Morgan fingerprint density at radius 2 is 2.18 bits per heavy atom. The maximum Gasteiger partial charge on any atom is 0.274 e. The summed E-state index contributed by atoms with van der Waals surface area (Å²) >= 11 is 0. The Hall–Kier alpha value is -2.37. The summed E-state index contributed by atoms with van der Waals surface area (Å²) in [5.41, 5.74) is 8.59. The van der Waals surface area contributed by atoms with Gasteiger partial charge in [-0.05, 0) is 26.0 Å². The summed E-state index contributed by atoms with van der Waals surface area (Å²) in [6.45, 7) is 3.65. The minimum Gasteiger partial charge on any atom is -0.397 e. The van der Waals surface area contributed by atoms with Crippen molar-refractivity contribution in [3.05, 3.63) is 35.4 Å². The molecule has 0 aromatic carbocycles. The molecule has 1 amide bonds. The number of nitrogens with zero attached hydrogens (tertiary/aromatic N) is 2. The number of hydrogen-bond acceptors (Lipinski definition) is 4. The summed E-state index contributed by atoms with van der Waals surface area (Å²) in [4.78, 5) is 15.8. The number of amides is 1. The summed E-state index contributed by atoms with van der Waals surface area (Å²) in [6.07, 6.45) is 1.45. The lowest BCUT2D eigenvalue weighted by atomic mass is 10.3. The number of aromatic amines is 1. The van der Waals surface area contributed by atoms with Crippen molar-refractivity contribution in [3.63, 3.8) is 0 Å². The van der Waals surface area contributed by atoms with Gasteiger partial charge in [0, 0.05) is 0 Å². The molecule has 0 aliphatic rings. The SMILES string of the molecule is Cc1n[nH]c(C)c1NC(=O)c1ccc(N)cn1. The highest BCUT2D eigenvalue weighted by Gasteiger charge is 2.12. The minimum atomic E-state index is -0.280. The van der Waals surface area contributed by atoms with E-state index in [-0.39, 0.29) is 5.91 Å². The molecule has 6 nitrogen and oxygen atoms in total. The molecule has 4 N–H and O–H groups in total. The Morgan fingerprint density at radius 3 is 2.71 bits per heavy atom. The van der Waals surface area contributed by atoms with E-state index in [0.29, 0.717) is 17.1 Å². The van der Waals surface area contributed by atoms with Crippen LogP contribution >= 0.6 is 0 Å². The van der Waals surface area contributed by atoms with Crippen LogP contribution in [0.2, 0.25) is 0 Å². The molecule has 0 bridgehead atoms. The monoisotopic (exact) mass is 231 g/mol. The number of nitrogens with two attached hydrogens (primary N) is 1. The molecule has 2 aromatic heterocycles. The third-order valence-corrected chi connectivity index (χ3v) is 2.39. The number of hydrogen-bond donors (Lipinski definition) is 3. The van der Waals surface area contributed by atoms with Gasteiger partial charge in [-0.1, -0.05) is 0 Å². The highest BCUT2D eigenvalue weighted by molar-refractivity contribution is 6.03. The van der Waals surface area contributed by atoms with Crippen LogP contribution in [0.1, 0.15) is 21.9 Å². The van der Waals surface area contributed by atoms with Crippen LogP contribution in [0.25, 0.3) is 0 Å². The lowest BCUT2D eigenvalue weighted by Crippen LogP contribution is -2.14. The van der Waals surface area contributed by atoms with Crippen LogP contribution in [0, 0.1) is 13.8 Å². The normalized spacial score (nSPS) is 10.2. The van der Waals surface area contributed by atoms with Gasteiger partial charge in [0.2, 0.25) is 0 Å². The Bertz CT molecular complexity index is 524. The van der Waals surface area contributed by atoms with Crippen molar-refractivity contribution in [3.8, 4) is 0 Å². The maximum atomic E-state index is 11.9. The summed E-state index contributed by atoms with van der Waals surface area (Å²) in [7, 11) is 0. The fraction of sp³-hybridized carbons (Fsp3) is 0.182. The Balaban J connectivity index is 2.20. The zero-order valence-electron chi connectivity index (χ0n) is 9.61. The van der Waals surface area contributed by atoms with Crippen LogP contribution in [0.3, 0.4) is 0 Å². The number of anilines is 2. The molecule has 0 aliphatic carbocycles. The first kappa shape index (κ1) is 11.1. The summed E-state index contributed by atoms with van der Waals surface area (Å²) < 4.78 is 0. The molecule has 0 spiro atoms. The van der Waals surface area contributed by atoms with Gasteiger partial charge in [0.15, 0.2) is 0 Å². The predicted octanol–water partition coefficient (Wildman–Crippen LogP) is 1.26. The van der Waals surface area contributed by atoms with Crippen LogP contribution < -0.4 is 11.1 Å². The van der Waals surface area contributed by atoms with Gasteiger partial charge in [-0.2, -0.15) is 5.10 Å². The van der Waals surface area contributed by atoms with E-state index in [0.717, 1.165) is 11.4 Å². The van der Waals surface area contributed by atoms with Gasteiger partial charge in [-0.15, -0.1) is 0 Å². The van der Waals surface area contributed by atoms with Gasteiger partial charge in [-0.25, -0.2) is 4.98 Å². The molecule has 2 aromatic rings. The molecular weight excluding hydrogens is 218 g/mol. The number of rotatable bonds is 2. The van der Waals surface area contributed by atoms with E-state index in [2.05, 4.69) is 20.5 Å². The molecule has 0 saturated carbocycles. The second-order valence-corrected chi connectivity index (χ2v) is 3.74. The Labute approximate surface area is 98.3 Å². The second kappa shape index (κ2) is 4.25. The fourth-order valence-corrected chi connectivity index (χ4v) is 1.45. The molecule has 0 aliphatic heterocycles. The largest absolute Gasteiger partial charge is 0.397 e. The number of pyridine rings is 1. The maximum absolute atomic E-state index is 11.9. The van der Waals surface area contributed by atoms with E-state index in [1.54, 1.807) is 12.1 Å². The smallest absolute Gasteiger partial charge is 0.274 e. The molecule has 88 valence electrons. The topological polar surface area (TPSA) is 96.7 Å². The summed E-state index contributed by atoms with van der Waals surface area (Å²) in [6, 6.07) is 3.21. The lowest BCUT2D eigenvalue weighted by molar-refractivity contribution is 0.102. The number of nitrogens with one attached hydrogen (secondary N) is 2. The van der Waals surface area contributed by atoms with Crippen molar-refractivity contribution in [2.75, 3.05) is 11.1 Å². The molecule has 6 heteroatoms. The van der Waals surface area contributed by atoms with Gasteiger partial charge in [0.25, 0.3) is 5.91 Å². The minimum absolute atomic E-state index is 0.280. The van der Waals surface area contributed by atoms with Crippen molar-refractivity contribution in [1.29, 1.82) is 0 Å². The van der Waals surface area contributed by atoms with E-state index < -0.39 is 0 Å². The Kier molecular flexibility index (Phi) is 2.78. The number of H-pyrrole nitrogens is 1. The molecule has 0 radical (unpaired) electrons. The van der Waals surface area contributed by atoms with E-state index >= 15 is 0 Å². The average Bonchev–Trinajstić information content (AvgIpc) is 2.61. The van der Waals surface area contributed by atoms with Crippen molar-refractivity contribution in [2.24, 2.45) is 0 Å². The standard InChI is InChI=1S/C11H13N5O/c1-6-10(7(2)16-15-6)14-11(17)9-4-3-8(12)5-13-9/h3-5H,12H2,1-2H3,(H,14,17)(H,15,16). The summed E-state index contributed by atoms with van der Waals surface area (Å²) in [5, 5.41) is 9.55. The number of carbonyl (C=O) groups excluding carboxylic acids is 1. The highest BCUT2D eigenvalue weighted by atomic mass is 16.1. The molecule has 0 unspecified atom stereocenters. The fourth-order valence-electron chi connectivity index (χ4n) is 1.45. The first-order chi connectivity index (χ1) is 8.08. The van der Waals surface area contributed by atoms with E-state index in [1.165, 1.54) is 6.20 Å². The molecule has 2 heterocycles. The quantitative estimate of drug-likeness (QED) is 0.724. The van der Waals surface area contributed by atoms with E-state index in [9.17, 15) is 4.79 Å². The zero-order chi connectivity index (χ0) is 12.4. The van der Waals surface area contributed by atoms with Crippen molar-refractivity contribution in [2.45, 2.75) is 13.8 Å². The Morgan fingerprint density at radius 1 is 1.41 bits per heavy atom. The zero-order valence-corrected chi connectivity index (χ0v) is 9.61. The number of aromatic nitrogens is 3. The molecule has 0 fully saturated rings. The van der Waals surface area contributed by atoms with Gasteiger partial charge in [0.1, 0.15) is 5.69 Å². The van der Waals surface area contributed by atoms with Crippen LogP contribution in [-0.4, -0.2) is 21.1 Å². The van der Waals surface area contributed by atoms with Crippen molar-refractivity contribution >= 4 is 17.3 Å². The van der Waals surface area contributed by atoms with Gasteiger partial charge in [-0.3, -0.25) is 9.89 Å². The van der Waals surface area contributed by atoms with Crippen LogP contribution in [0.5, 0.6) is 0 Å². The van der Waals surface area contributed by atoms with Gasteiger partial charge < -0.3 is 11.1 Å².